The van der Waals surface area contributed by atoms with E-state index in [1.54, 1.807) is 0 Å². The van der Waals surface area contributed by atoms with E-state index in [0.29, 0.717) is 22.3 Å². The van der Waals surface area contributed by atoms with Crippen molar-refractivity contribution in [1.82, 2.24) is 9.97 Å². The van der Waals surface area contributed by atoms with Crippen LogP contribution in [0.25, 0.3) is 0 Å². The first-order valence-corrected chi connectivity index (χ1v) is 7.01. The van der Waals surface area contributed by atoms with Gasteiger partial charge in [-0.25, -0.2) is 4.98 Å². The average Bonchev–Trinajstić information content (AvgIpc) is 2.35. The average molecular weight is 300 g/mol. The first kappa shape index (κ1) is 12.6. The van der Waals surface area contributed by atoms with Crippen molar-refractivity contribution in [1.29, 1.82) is 0 Å². The lowest BCUT2D eigenvalue weighted by atomic mass is 9.83. The maximum absolute atomic E-state index is 11.5. The molecule has 0 aliphatic heterocycles. The highest BCUT2D eigenvalue weighted by molar-refractivity contribution is 9.10. The molecule has 0 amide bonds. The van der Waals surface area contributed by atoms with E-state index in [0.717, 1.165) is 0 Å². The van der Waals surface area contributed by atoms with E-state index in [9.17, 15) is 4.79 Å². The Labute approximate surface area is 109 Å². The summed E-state index contributed by atoms with van der Waals surface area (Å²) in [4.78, 5) is 18.2. The summed E-state index contributed by atoms with van der Waals surface area (Å²) in [6, 6.07) is 0.444. The Morgan fingerprint density at radius 1 is 1.53 bits per heavy atom. The zero-order valence-corrected chi connectivity index (χ0v) is 11.6. The molecule has 0 spiro atoms. The van der Waals surface area contributed by atoms with Crippen molar-refractivity contribution in [2.75, 3.05) is 5.32 Å². The number of rotatable bonds is 3. The second-order valence-electron chi connectivity index (χ2n) is 4.60. The second-order valence-corrected chi connectivity index (χ2v) is 5.39. The van der Waals surface area contributed by atoms with Crippen LogP contribution >= 0.6 is 15.9 Å². The molecule has 2 unspecified atom stereocenters. The maximum atomic E-state index is 11.5. The van der Waals surface area contributed by atoms with Crippen molar-refractivity contribution in [3.8, 4) is 0 Å². The SMILES string of the molecule is CCC1CCCCC1Nc1nc[nH]c(=O)c1Br. The summed E-state index contributed by atoms with van der Waals surface area (Å²) < 4.78 is 0.500. The summed E-state index contributed by atoms with van der Waals surface area (Å²) >= 11 is 3.28. The number of aromatic amines is 1. The molecule has 2 atom stereocenters. The number of H-pyrrole nitrogens is 1. The lowest BCUT2D eigenvalue weighted by Crippen LogP contribution is -2.32. The normalized spacial score (nSPS) is 24.6. The molecule has 1 heterocycles. The summed E-state index contributed by atoms with van der Waals surface area (Å²) in [5.74, 6) is 1.36. The number of aromatic nitrogens is 2. The van der Waals surface area contributed by atoms with Gasteiger partial charge in [-0.15, -0.1) is 0 Å². The zero-order valence-electron chi connectivity index (χ0n) is 10.0. The Morgan fingerprint density at radius 2 is 2.29 bits per heavy atom. The molecule has 1 fully saturated rings. The van der Waals surface area contributed by atoms with Crippen molar-refractivity contribution >= 4 is 21.7 Å². The van der Waals surface area contributed by atoms with Gasteiger partial charge in [-0.1, -0.05) is 26.2 Å². The van der Waals surface area contributed by atoms with Crippen molar-refractivity contribution in [3.63, 3.8) is 0 Å². The molecule has 0 aromatic carbocycles. The van der Waals surface area contributed by atoms with Gasteiger partial charge in [0.2, 0.25) is 0 Å². The first-order chi connectivity index (χ1) is 8.22. The van der Waals surface area contributed by atoms with E-state index < -0.39 is 0 Å². The number of hydrogen-bond acceptors (Lipinski definition) is 3. The predicted molar refractivity (Wildman–Crippen MR) is 72.2 cm³/mol. The van der Waals surface area contributed by atoms with Crippen LogP contribution in [0.3, 0.4) is 0 Å². The lowest BCUT2D eigenvalue weighted by Gasteiger charge is -2.32. The van der Waals surface area contributed by atoms with E-state index in [-0.39, 0.29) is 5.56 Å². The lowest BCUT2D eigenvalue weighted by molar-refractivity contribution is 0.316. The van der Waals surface area contributed by atoms with Crippen LogP contribution in [0.15, 0.2) is 15.6 Å². The fourth-order valence-corrected chi connectivity index (χ4v) is 2.88. The Kier molecular flexibility index (Phi) is 4.20. The van der Waals surface area contributed by atoms with Crippen molar-refractivity contribution in [3.05, 3.63) is 21.2 Å². The van der Waals surface area contributed by atoms with Gasteiger partial charge in [0.25, 0.3) is 5.56 Å². The van der Waals surface area contributed by atoms with Crippen LogP contribution in [0, 0.1) is 5.92 Å². The Hall–Kier alpha value is -0.840. The molecule has 5 heteroatoms. The molecular formula is C12H18BrN3O. The molecule has 0 radical (unpaired) electrons. The highest BCUT2D eigenvalue weighted by atomic mass is 79.9. The van der Waals surface area contributed by atoms with Crippen molar-refractivity contribution < 1.29 is 0 Å². The molecule has 1 saturated carbocycles. The number of hydrogen-bond donors (Lipinski definition) is 2. The van der Waals surface area contributed by atoms with Crippen LogP contribution in [0.4, 0.5) is 5.82 Å². The minimum absolute atomic E-state index is 0.133. The second kappa shape index (κ2) is 5.67. The van der Waals surface area contributed by atoms with E-state index in [4.69, 9.17) is 0 Å². The van der Waals surface area contributed by atoms with Crippen LogP contribution in [0.5, 0.6) is 0 Å². The molecule has 0 saturated heterocycles. The molecule has 1 aromatic rings. The van der Waals surface area contributed by atoms with Gasteiger partial charge in [0.1, 0.15) is 10.3 Å². The summed E-state index contributed by atoms with van der Waals surface area (Å²) in [5, 5.41) is 3.41. The number of halogens is 1. The topological polar surface area (TPSA) is 57.8 Å². The molecule has 2 rings (SSSR count). The first-order valence-electron chi connectivity index (χ1n) is 6.22. The highest BCUT2D eigenvalue weighted by Gasteiger charge is 2.24. The van der Waals surface area contributed by atoms with Crippen LogP contribution in [0.2, 0.25) is 0 Å². The molecule has 1 aromatic heterocycles. The van der Waals surface area contributed by atoms with Gasteiger partial charge >= 0.3 is 0 Å². The maximum Gasteiger partial charge on any atom is 0.267 e. The van der Waals surface area contributed by atoms with Gasteiger partial charge in [-0.3, -0.25) is 4.79 Å². The molecule has 2 N–H and O–H groups in total. The monoisotopic (exact) mass is 299 g/mol. The van der Waals surface area contributed by atoms with Crippen LogP contribution < -0.4 is 10.9 Å². The molecule has 0 bridgehead atoms. The summed E-state index contributed by atoms with van der Waals surface area (Å²) in [6.45, 7) is 2.23. The standard InChI is InChI=1S/C12H18BrN3O/c1-2-8-5-3-4-6-9(8)16-11-10(13)12(17)15-7-14-11/h7-9H,2-6H2,1H3,(H2,14,15,16,17). The molecule has 1 aliphatic rings. The van der Waals surface area contributed by atoms with E-state index in [1.807, 2.05) is 0 Å². The minimum Gasteiger partial charge on any atom is -0.366 e. The van der Waals surface area contributed by atoms with Crippen molar-refractivity contribution in [2.45, 2.75) is 45.1 Å². The van der Waals surface area contributed by atoms with Crippen LogP contribution in [-0.4, -0.2) is 16.0 Å². The minimum atomic E-state index is -0.133. The summed E-state index contributed by atoms with van der Waals surface area (Å²) in [7, 11) is 0. The van der Waals surface area contributed by atoms with Gasteiger partial charge in [-0.05, 0) is 34.7 Å². The predicted octanol–water partition coefficient (Wildman–Crippen LogP) is 2.91. The molecule has 94 valence electrons. The molecule has 1 aliphatic carbocycles. The zero-order chi connectivity index (χ0) is 12.3. The van der Waals surface area contributed by atoms with Crippen molar-refractivity contribution in [2.24, 2.45) is 5.92 Å². The molecular weight excluding hydrogens is 282 g/mol. The van der Waals surface area contributed by atoms with E-state index >= 15 is 0 Å². The fourth-order valence-electron chi connectivity index (χ4n) is 2.55. The largest absolute Gasteiger partial charge is 0.366 e. The molecule has 17 heavy (non-hydrogen) atoms. The van der Waals surface area contributed by atoms with Gasteiger partial charge in [0.15, 0.2) is 0 Å². The third kappa shape index (κ3) is 2.89. The Bertz CT molecular complexity index is 432. The third-order valence-corrected chi connectivity index (χ3v) is 4.29. The van der Waals surface area contributed by atoms with E-state index in [1.165, 1.54) is 38.4 Å². The highest BCUT2D eigenvalue weighted by Crippen LogP contribution is 2.29. The fraction of sp³-hybridized carbons (Fsp3) is 0.667. The van der Waals surface area contributed by atoms with Crippen LogP contribution in [-0.2, 0) is 0 Å². The van der Waals surface area contributed by atoms with Gasteiger partial charge in [0, 0.05) is 6.04 Å². The Balaban J connectivity index is 2.13. The number of nitrogens with zero attached hydrogens (tertiary/aromatic N) is 1. The van der Waals surface area contributed by atoms with E-state index in [2.05, 4.69) is 38.1 Å². The number of anilines is 1. The summed E-state index contributed by atoms with van der Waals surface area (Å²) in [6.07, 6.45) is 7.64. The van der Waals surface area contributed by atoms with Gasteiger partial charge in [0.05, 0.1) is 6.33 Å². The number of nitrogens with one attached hydrogen (secondary N) is 2. The Morgan fingerprint density at radius 3 is 3.06 bits per heavy atom. The van der Waals surface area contributed by atoms with Gasteiger partial charge in [-0.2, -0.15) is 0 Å². The smallest absolute Gasteiger partial charge is 0.267 e. The molecule has 4 nitrogen and oxygen atoms in total. The quantitative estimate of drug-likeness (QED) is 0.902. The summed E-state index contributed by atoms with van der Waals surface area (Å²) in [5.41, 5.74) is -0.133. The third-order valence-electron chi connectivity index (χ3n) is 3.55. The van der Waals surface area contributed by atoms with Gasteiger partial charge < -0.3 is 10.3 Å². The van der Waals surface area contributed by atoms with Crippen LogP contribution in [0.1, 0.15) is 39.0 Å².